The number of nitrogens with zero attached hydrogens (tertiary/aromatic N) is 2. The molecule has 1 aromatic carbocycles. The van der Waals surface area contributed by atoms with Crippen LogP contribution in [0.2, 0.25) is 0 Å². The molecule has 1 aliphatic rings. The van der Waals surface area contributed by atoms with E-state index in [0.717, 1.165) is 28.4 Å². The highest BCUT2D eigenvalue weighted by Crippen LogP contribution is 2.38. The Morgan fingerprint density at radius 3 is 2.78 bits per heavy atom. The van der Waals surface area contributed by atoms with Crippen LogP contribution >= 0.6 is 11.8 Å². The monoisotopic (exact) mass is 260 g/mol. The fourth-order valence-corrected chi connectivity index (χ4v) is 3.47. The smallest absolute Gasteiger partial charge is 0.103 e. The van der Waals surface area contributed by atoms with Crippen LogP contribution in [0.4, 0.5) is 5.69 Å². The van der Waals surface area contributed by atoms with Gasteiger partial charge in [0.25, 0.3) is 0 Å². The molecule has 0 radical (unpaired) electrons. The van der Waals surface area contributed by atoms with E-state index in [1.54, 1.807) is 11.8 Å². The standard InChI is InChI=1S/C15H20N2S/c1-4-18-14-8-5-7-13(12(14)11-16)17-10-6-9-15(17,2)3/h5,7-8H,4,6,9-10H2,1-3H3. The molecule has 1 saturated heterocycles. The minimum absolute atomic E-state index is 0.168. The van der Waals surface area contributed by atoms with Crippen LogP contribution in [0.1, 0.15) is 39.2 Å². The molecule has 18 heavy (non-hydrogen) atoms. The maximum absolute atomic E-state index is 9.47. The van der Waals surface area contributed by atoms with Crippen molar-refractivity contribution in [2.75, 3.05) is 17.2 Å². The summed E-state index contributed by atoms with van der Waals surface area (Å²) in [6, 6.07) is 8.62. The van der Waals surface area contributed by atoms with Gasteiger partial charge in [-0.15, -0.1) is 11.8 Å². The summed E-state index contributed by atoms with van der Waals surface area (Å²) in [5.41, 5.74) is 2.12. The first kappa shape index (κ1) is 13.3. The van der Waals surface area contributed by atoms with Crippen molar-refractivity contribution in [3.8, 4) is 6.07 Å². The van der Waals surface area contributed by atoms with Gasteiger partial charge in [-0.25, -0.2) is 0 Å². The van der Waals surface area contributed by atoms with Crippen molar-refractivity contribution in [2.24, 2.45) is 0 Å². The largest absolute Gasteiger partial charge is 0.365 e. The molecule has 0 amide bonds. The number of thioether (sulfide) groups is 1. The van der Waals surface area contributed by atoms with Gasteiger partial charge in [0.05, 0.1) is 11.3 Å². The molecule has 0 bridgehead atoms. The molecular formula is C15H20N2S. The number of hydrogen-bond donors (Lipinski definition) is 0. The molecule has 0 atom stereocenters. The van der Waals surface area contributed by atoms with Crippen LogP contribution in [0.25, 0.3) is 0 Å². The van der Waals surface area contributed by atoms with E-state index in [1.165, 1.54) is 12.8 Å². The van der Waals surface area contributed by atoms with Crippen molar-refractivity contribution in [3.05, 3.63) is 23.8 Å². The zero-order valence-corrected chi connectivity index (χ0v) is 12.2. The summed E-state index contributed by atoms with van der Waals surface area (Å²) in [7, 11) is 0. The van der Waals surface area contributed by atoms with Crippen molar-refractivity contribution in [2.45, 2.75) is 44.0 Å². The predicted octanol–water partition coefficient (Wildman–Crippen LogP) is 4.05. The number of anilines is 1. The van der Waals surface area contributed by atoms with Gasteiger partial charge in [0.1, 0.15) is 6.07 Å². The molecule has 0 spiro atoms. The van der Waals surface area contributed by atoms with Crippen LogP contribution in [-0.2, 0) is 0 Å². The minimum atomic E-state index is 0.168. The quantitative estimate of drug-likeness (QED) is 0.767. The van der Waals surface area contributed by atoms with Gasteiger partial charge in [0.15, 0.2) is 0 Å². The highest BCUT2D eigenvalue weighted by molar-refractivity contribution is 7.99. The zero-order valence-electron chi connectivity index (χ0n) is 11.4. The molecule has 0 aliphatic carbocycles. The number of nitriles is 1. The molecule has 0 N–H and O–H groups in total. The SMILES string of the molecule is CCSc1cccc(N2CCCC2(C)C)c1C#N. The fourth-order valence-electron chi connectivity index (χ4n) is 2.69. The molecule has 1 aromatic rings. The molecule has 1 heterocycles. The number of hydrogen-bond acceptors (Lipinski definition) is 3. The second kappa shape index (κ2) is 5.24. The lowest BCUT2D eigenvalue weighted by Crippen LogP contribution is -2.38. The lowest BCUT2D eigenvalue weighted by molar-refractivity contribution is 0.517. The number of benzene rings is 1. The van der Waals surface area contributed by atoms with Crippen LogP contribution in [0.5, 0.6) is 0 Å². The van der Waals surface area contributed by atoms with Crippen molar-refractivity contribution in [1.29, 1.82) is 5.26 Å². The van der Waals surface area contributed by atoms with Crippen molar-refractivity contribution < 1.29 is 0 Å². The summed E-state index contributed by atoms with van der Waals surface area (Å²) in [5.74, 6) is 1.00. The first-order chi connectivity index (χ1) is 8.60. The van der Waals surface area contributed by atoms with Gasteiger partial charge in [-0.05, 0) is 44.6 Å². The lowest BCUT2D eigenvalue weighted by atomic mass is 10.0. The van der Waals surface area contributed by atoms with E-state index in [0.29, 0.717) is 0 Å². The van der Waals surface area contributed by atoms with Crippen LogP contribution in [0.3, 0.4) is 0 Å². The van der Waals surface area contributed by atoms with E-state index < -0.39 is 0 Å². The van der Waals surface area contributed by atoms with E-state index in [2.05, 4.69) is 49.9 Å². The van der Waals surface area contributed by atoms with Gasteiger partial charge in [0, 0.05) is 17.0 Å². The molecular weight excluding hydrogens is 240 g/mol. The Morgan fingerprint density at radius 1 is 1.44 bits per heavy atom. The molecule has 0 unspecified atom stereocenters. The van der Waals surface area contributed by atoms with Crippen LogP contribution < -0.4 is 4.90 Å². The average molecular weight is 260 g/mol. The summed E-state index contributed by atoms with van der Waals surface area (Å²) in [6.07, 6.45) is 2.41. The third-order valence-corrected chi connectivity index (χ3v) is 4.55. The fraction of sp³-hybridized carbons (Fsp3) is 0.533. The normalized spacial score (nSPS) is 17.8. The maximum Gasteiger partial charge on any atom is 0.103 e. The average Bonchev–Trinajstić information content (AvgIpc) is 2.69. The maximum atomic E-state index is 9.47. The molecule has 3 heteroatoms. The summed E-state index contributed by atoms with van der Waals surface area (Å²) in [6.45, 7) is 7.71. The molecule has 0 saturated carbocycles. The molecule has 1 aliphatic heterocycles. The Labute approximate surface area is 114 Å². The first-order valence-electron chi connectivity index (χ1n) is 6.53. The van der Waals surface area contributed by atoms with E-state index in [4.69, 9.17) is 0 Å². The lowest BCUT2D eigenvalue weighted by Gasteiger charge is -2.34. The Bertz CT molecular complexity index is 474. The summed E-state index contributed by atoms with van der Waals surface area (Å²) in [5, 5.41) is 9.47. The van der Waals surface area contributed by atoms with Gasteiger partial charge in [0.2, 0.25) is 0 Å². The third kappa shape index (κ3) is 2.35. The van der Waals surface area contributed by atoms with Gasteiger partial charge in [-0.1, -0.05) is 13.0 Å². The van der Waals surface area contributed by atoms with E-state index >= 15 is 0 Å². The highest BCUT2D eigenvalue weighted by atomic mass is 32.2. The van der Waals surface area contributed by atoms with Crippen molar-refractivity contribution in [1.82, 2.24) is 0 Å². The Kier molecular flexibility index (Phi) is 3.87. The van der Waals surface area contributed by atoms with E-state index in [1.807, 2.05) is 0 Å². The third-order valence-electron chi connectivity index (χ3n) is 3.61. The summed E-state index contributed by atoms with van der Waals surface area (Å²) in [4.78, 5) is 3.51. The summed E-state index contributed by atoms with van der Waals surface area (Å²) < 4.78 is 0. The van der Waals surface area contributed by atoms with Crippen LogP contribution in [0.15, 0.2) is 23.1 Å². The first-order valence-corrected chi connectivity index (χ1v) is 7.52. The highest BCUT2D eigenvalue weighted by Gasteiger charge is 2.33. The van der Waals surface area contributed by atoms with E-state index in [-0.39, 0.29) is 5.54 Å². The Balaban J connectivity index is 2.45. The van der Waals surface area contributed by atoms with Crippen molar-refractivity contribution >= 4 is 17.4 Å². The summed E-state index contributed by atoms with van der Waals surface area (Å²) >= 11 is 1.75. The molecule has 2 nitrogen and oxygen atoms in total. The second-order valence-corrected chi connectivity index (χ2v) is 6.57. The molecule has 2 rings (SSSR count). The molecule has 96 valence electrons. The van der Waals surface area contributed by atoms with Gasteiger partial charge < -0.3 is 4.90 Å². The van der Waals surface area contributed by atoms with E-state index in [9.17, 15) is 5.26 Å². The topological polar surface area (TPSA) is 27.0 Å². The minimum Gasteiger partial charge on any atom is -0.365 e. The van der Waals surface area contributed by atoms with Gasteiger partial charge >= 0.3 is 0 Å². The predicted molar refractivity (Wildman–Crippen MR) is 78.2 cm³/mol. The van der Waals surface area contributed by atoms with Crippen LogP contribution in [0, 0.1) is 11.3 Å². The number of rotatable bonds is 3. The van der Waals surface area contributed by atoms with Crippen LogP contribution in [-0.4, -0.2) is 17.8 Å². The zero-order chi connectivity index (χ0) is 13.2. The van der Waals surface area contributed by atoms with Gasteiger partial charge in [-0.3, -0.25) is 0 Å². The molecule has 1 fully saturated rings. The van der Waals surface area contributed by atoms with Gasteiger partial charge in [-0.2, -0.15) is 5.26 Å². The van der Waals surface area contributed by atoms with Crippen molar-refractivity contribution in [3.63, 3.8) is 0 Å². The Hall–Kier alpha value is -1.14. The second-order valence-electron chi connectivity index (χ2n) is 5.26. The Morgan fingerprint density at radius 2 is 2.22 bits per heavy atom. The molecule has 0 aromatic heterocycles.